The van der Waals surface area contributed by atoms with Crippen LogP contribution in [0.1, 0.15) is 31.7 Å². The molecule has 5 heteroatoms. The van der Waals surface area contributed by atoms with Gasteiger partial charge in [-0.1, -0.05) is 50.1 Å². The molecule has 2 rings (SSSR count). The maximum absolute atomic E-state index is 12.9. The zero-order valence-corrected chi connectivity index (χ0v) is 14.9. The van der Waals surface area contributed by atoms with Crippen LogP contribution in [-0.2, 0) is 11.3 Å². The number of nitrogens with zero attached hydrogens (tertiary/aromatic N) is 2. The Morgan fingerprint density at radius 3 is 2.70 bits per heavy atom. The molecule has 1 saturated heterocycles. The van der Waals surface area contributed by atoms with Crippen molar-refractivity contribution in [1.29, 1.82) is 0 Å². The summed E-state index contributed by atoms with van der Waals surface area (Å²) in [6, 6.07) is 10.2. The highest BCUT2D eigenvalue weighted by molar-refractivity contribution is 7.80. The van der Waals surface area contributed by atoms with Crippen molar-refractivity contribution in [3.8, 4) is 0 Å². The fourth-order valence-corrected chi connectivity index (χ4v) is 3.24. The predicted molar refractivity (Wildman–Crippen MR) is 98.6 cm³/mol. The zero-order valence-electron chi connectivity index (χ0n) is 14.0. The third-order valence-electron chi connectivity index (χ3n) is 4.45. The number of carbonyl (C=O) groups excluding carboxylic acids is 1. The van der Waals surface area contributed by atoms with Gasteiger partial charge in [0.25, 0.3) is 0 Å². The number of amides is 1. The van der Waals surface area contributed by atoms with Gasteiger partial charge >= 0.3 is 0 Å². The average Bonchev–Trinajstić information content (AvgIpc) is 2.57. The van der Waals surface area contributed by atoms with Crippen LogP contribution < -0.4 is 5.73 Å². The molecular formula is C18H29N3OS. The second-order valence-corrected chi connectivity index (χ2v) is 6.71. The molecule has 1 heterocycles. The van der Waals surface area contributed by atoms with Crippen LogP contribution >= 0.6 is 12.6 Å². The van der Waals surface area contributed by atoms with Crippen LogP contribution in [0.2, 0.25) is 0 Å². The van der Waals surface area contributed by atoms with Gasteiger partial charge in [-0.2, -0.15) is 12.6 Å². The van der Waals surface area contributed by atoms with Gasteiger partial charge in [-0.05, 0) is 12.0 Å². The van der Waals surface area contributed by atoms with Gasteiger partial charge in [-0.25, -0.2) is 0 Å². The summed E-state index contributed by atoms with van der Waals surface area (Å²) in [4.78, 5) is 17.2. The predicted octanol–water partition coefficient (Wildman–Crippen LogP) is 2.15. The molecule has 1 aliphatic heterocycles. The molecule has 1 aromatic rings. The van der Waals surface area contributed by atoms with Crippen molar-refractivity contribution >= 4 is 18.5 Å². The Labute approximate surface area is 145 Å². The topological polar surface area (TPSA) is 49.6 Å². The molecule has 0 aromatic heterocycles. The lowest BCUT2D eigenvalue weighted by atomic mass is 10.0. The smallest absolute Gasteiger partial charge is 0.240 e. The minimum atomic E-state index is -0.0293. The Morgan fingerprint density at radius 1 is 1.30 bits per heavy atom. The van der Waals surface area contributed by atoms with E-state index in [0.717, 1.165) is 38.9 Å². The van der Waals surface area contributed by atoms with Gasteiger partial charge in [0.2, 0.25) is 5.91 Å². The molecule has 0 unspecified atom stereocenters. The minimum absolute atomic E-state index is 0.0240. The van der Waals surface area contributed by atoms with Gasteiger partial charge in [0.05, 0.1) is 6.04 Å². The summed E-state index contributed by atoms with van der Waals surface area (Å²) in [5.41, 5.74) is 7.25. The van der Waals surface area contributed by atoms with Gasteiger partial charge in [0.15, 0.2) is 0 Å². The third kappa shape index (κ3) is 5.23. The molecule has 0 saturated carbocycles. The standard InChI is InChI=1S/C18H29N3OS/c1-2-3-9-17-18(22)21(12-15-7-5-4-6-8-15)11-10-20(17)13-16(19)14-23/h4-8,16-17,23H,2-3,9-14,19H2,1H3/t16-,17+/m1/s1. The summed E-state index contributed by atoms with van der Waals surface area (Å²) in [6.45, 7) is 5.29. The summed E-state index contributed by atoms with van der Waals surface area (Å²) in [7, 11) is 0. The SMILES string of the molecule is CCCC[C@H]1C(=O)N(Cc2ccccc2)CCN1C[C@@H](N)CS. The Kier molecular flexibility index (Phi) is 7.40. The lowest BCUT2D eigenvalue weighted by molar-refractivity contribution is -0.143. The first-order chi connectivity index (χ1) is 11.2. The summed E-state index contributed by atoms with van der Waals surface area (Å²) < 4.78 is 0. The highest BCUT2D eigenvalue weighted by Crippen LogP contribution is 2.19. The van der Waals surface area contributed by atoms with E-state index in [4.69, 9.17) is 5.73 Å². The number of benzene rings is 1. The van der Waals surface area contributed by atoms with E-state index in [1.54, 1.807) is 0 Å². The molecule has 0 aliphatic carbocycles. The first-order valence-corrected chi connectivity index (χ1v) is 9.22. The lowest BCUT2D eigenvalue weighted by Gasteiger charge is -2.41. The van der Waals surface area contributed by atoms with Crippen LogP contribution in [0.25, 0.3) is 0 Å². The van der Waals surface area contributed by atoms with E-state index < -0.39 is 0 Å². The summed E-state index contributed by atoms with van der Waals surface area (Å²) in [5, 5.41) is 0. The van der Waals surface area contributed by atoms with Gasteiger partial charge in [0.1, 0.15) is 0 Å². The van der Waals surface area contributed by atoms with Crippen molar-refractivity contribution in [1.82, 2.24) is 9.80 Å². The molecule has 128 valence electrons. The van der Waals surface area contributed by atoms with Crippen LogP contribution in [0.15, 0.2) is 30.3 Å². The number of carbonyl (C=O) groups is 1. The van der Waals surface area contributed by atoms with Crippen LogP contribution in [0.3, 0.4) is 0 Å². The zero-order chi connectivity index (χ0) is 16.7. The highest BCUT2D eigenvalue weighted by Gasteiger charge is 2.34. The first kappa shape index (κ1) is 18.3. The second-order valence-electron chi connectivity index (χ2n) is 6.34. The van der Waals surface area contributed by atoms with E-state index in [1.165, 1.54) is 5.56 Å². The molecule has 0 bridgehead atoms. The van der Waals surface area contributed by atoms with E-state index >= 15 is 0 Å². The fraction of sp³-hybridized carbons (Fsp3) is 0.611. The maximum Gasteiger partial charge on any atom is 0.240 e. The average molecular weight is 336 g/mol. The normalized spacial score (nSPS) is 20.7. The molecule has 1 amide bonds. The van der Waals surface area contributed by atoms with Crippen molar-refractivity contribution < 1.29 is 4.79 Å². The number of nitrogens with two attached hydrogens (primary N) is 1. The van der Waals surface area contributed by atoms with Crippen LogP contribution in [0.4, 0.5) is 0 Å². The van der Waals surface area contributed by atoms with Crippen molar-refractivity contribution in [3.63, 3.8) is 0 Å². The van der Waals surface area contributed by atoms with Gasteiger partial charge < -0.3 is 10.6 Å². The Bertz CT molecular complexity index is 482. The molecule has 4 nitrogen and oxygen atoms in total. The molecule has 2 atom stereocenters. The number of piperazine rings is 1. The number of hydrogen-bond donors (Lipinski definition) is 2. The molecular weight excluding hydrogens is 306 g/mol. The summed E-state index contributed by atoms with van der Waals surface area (Å²) >= 11 is 4.27. The van der Waals surface area contributed by atoms with Crippen molar-refractivity contribution in [3.05, 3.63) is 35.9 Å². The van der Waals surface area contributed by atoms with Crippen LogP contribution in [-0.4, -0.2) is 53.2 Å². The minimum Gasteiger partial charge on any atom is -0.336 e. The Morgan fingerprint density at radius 2 is 2.04 bits per heavy atom. The molecule has 23 heavy (non-hydrogen) atoms. The van der Waals surface area contributed by atoms with E-state index in [-0.39, 0.29) is 18.0 Å². The van der Waals surface area contributed by atoms with E-state index in [1.807, 2.05) is 23.1 Å². The molecule has 2 N–H and O–H groups in total. The van der Waals surface area contributed by atoms with Gasteiger partial charge in [-0.3, -0.25) is 9.69 Å². The fourth-order valence-electron chi connectivity index (χ4n) is 3.12. The molecule has 0 spiro atoms. The first-order valence-electron chi connectivity index (χ1n) is 8.59. The molecule has 1 aromatic carbocycles. The Balaban J connectivity index is 2.04. The van der Waals surface area contributed by atoms with Crippen molar-refractivity contribution in [2.75, 3.05) is 25.4 Å². The van der Waals surface area contributed by atoms with Crippen molar-refractivity contribution in [2.24, 2.45) is 5.73 Å². The highest BCUT2D eigenvalue weighted by atomic mass is 32.1. The Hall–Kier alpha value is -1.04. The molecule has 1 fully saturated rings. The summed E-state index contributed by atoms with van der Waals surface area (Å²) in [6.07, 6.45) is 3.09. The van der Waals surface area contributed by atoms with E-state index in [0.29, 0.717) is 12.3 Å². The number of hydrogen-bond acceptors (Lipinski definition) is 4. The second kappa shape index (κ2) is 9.30. The largest absolute Gasteiger partial charge is 0.336 e. The van der Waals surface area contributed by atoms with E-state index in [2.05, 4.69) is 36.6 Å². The molecule has 1 aliphatic rings. The number of rotatable bonds is 8. The third-order valence-corrected chi connectivity index (χ3v) is 4.91. The number of thiol groups is 1. The lowest BCUT2D eigenvalue weighted by Crippen LogP contribution is -2.58. The number of unbranched alkanes of at least 4 members (excludes halogenated alkanes) is 1. The van der Waals surface area contributed by atoms with E-state index in [9.17, 15) is 4.79 Å². The van der Waals surface area contributed by atoms with Crippen molar-refractivity contribution in [2.45, 2.75) is 44.8 Å². The van der Waals surface area contributed by atoms with Crippen LogP contribution in [0, 0.1) is 0 Å². The van der Waals surface area contributed by atoms with Gasteiger partial charge in [-0.15, -0.1) is 0 Å². The summed E-state index contributed by atoms with van der Waals surface area (Å²) in [5.74, 6) is 0.902. The molecule has 0 radical (unpaired) electrons. The van der Waals surface area contributed by atoms with Crippen LogP contribution in [0.5, 0.6) is 0 Å². The quantitative estimate of drug-likeness (QED) is 0.716. The maximum atomic E-state index is 12.9. The monoisotopic (exact) mass is 335 g/mol. The van der Waals surface area contributed by atoms with Gasteiger partial charge in [0, 0.05) is 38.0 Å².